The van der Waals surface area contributed by atoms with Crippen molar-refractivity contribution in [1.29, 1.82) is 0 Å². The molecule has 2 amide bonds. The molecule has 1 saturated carbocycles. The van der Waals surface area contributed by atoms with Gasteiger partial charge in [-0.25, -0.2) is 4.39 Å². The van der Waals surface area contributed by atoms with Gasteiger partial charge < -0.3 is 0 Å². The molecule has 0 N–H and O–H groups in total. The summed E-state index contributed by atoms with van der Waals surface area (Å²) < 4.78 is 16.0. The summed E-state index contributed by atoms with van der Waals surface area (Å²) in [6.45, 7) is 0.494. The third-order valence-electron chi connectivity index (χ3n) is 4.39. The van der Waals surface area contributed by atoms with Crippen LogP contribution in [0.25, 0.3) is 11.4 Å². The minimum Gasteiger partial charge on any atom is -0.299 e. The monoisotopic (exact) mass is 360 g/mol. The van der Waals surface area contributed by atoms with Crippen molar-refractivity contribution in [2.45, 2.75) is 36.9 Å². The first-order chi connectivity index (χ1) is 12.1. The highest BCUT2D eigenvalue weighted by atomic mass is 32.2. The smallest absolute Gasteiger partial charge is 0.239 e. The fourth-order valence-corrected chi connectivity index (χ4v) is 3.86. The summed E-state index contributed by atoms with van der Waals surface area (Å²) in [6.07, 6.45) is 3.15. The minimum atomic E-state index is -0.341. The second-order valence-electron chi connectivity index (χ2n) is 6.22. The largest absolute Gasteiger partial charge is 0.299 e. The zero-order valence-electron chi connectivity index (χ0n) is 13.5. The molecule has 0 unspecified atom stereocenters. The van der Waals surface area contributed by atoms with Crippen molar-refractivity contribution >= 4 is 23.6 Å². The summed E-state index contributed by atoms with van der Waals surface area (Å²) in [7, 11) is 0. The highest BCUT2D eigenvalue weighted by Gasteiger charge is 2.32. The van der Waals surface area contributed by atoms with Crippen LogP contribution in [-0.2, 0) is 9.59 Å². The number of aromatic nitrogens is 3. The Morgan fingerprint density at radius 3 is 2.76 bits per heavy atom. The second kappa shape index (κ2) is 6.59. The third-order valence-corrected chi connectivity index (χ3v) is 5.32. The molecule has 4 rings (SSSR count). The molecule has 1 aliphatic heterocycles. The number of rotatable bonds is 5. The lowest BCUT2D eigenvalue weighted by atomic mass is 10.2. The first-order valence-corrected chi connectivity index (χ1v) is 9.29. The number of halogens is 1. The van der Waals surface area contributed by atoms with E-state index in [0.717, 1.165) is 19.3 Å². The molecule has 6 nitrogen and oxygen atoms in total. The van der Waals surface area contributed by atoms with Crippen LogP contribution in [0.5, 0.6) is 0 Å². The van der Waals surface area contributed by atoms with Crippen molar-refractivity contribution in [3.63, 3.8) is 0 Å². The Labute approximate surface area is 148 Å². The van der Waals surface area contributed by atoms with E-state index in [1.54, 1.807) is 18.2 Å². The van der Waals surface area contributed by atoms with Crippen LogP contribution in [0.1, 0.15) is 31.7 Å². The first kappa shape index (κ1) is 16.3. The maximum absolute atomic E-state index is 14.1. The zero-order valence-corrected chi connectivity index (χ0v) is 14.3. The van der Waals surface area contributed by atoms with Crippen molar-refractivity contribution in [3.8, 4) is 11.4 Å². The number of imide groups is 1. The van der Waals surface area contributed by atoms with Gasteiger partial charge in [0.05, 0.1) is 11.3 Å². The van der Waals surface area contributed by atoms with Gasteiger partial charge in [-0.05, 0) is 31.4 Å². The molecule has 2 aromatic rings. The Morgan fingerprint density at radius 2 is 2.08 bits per heavy atom. The van der Waals surface area contributed by atoms with Gasteiger partial charge in [0.25, 0.3) is 0 Å². The predicted molar refractivity (Wildman–Crippen MR) is 90.4 cm³/mol. The number of carbonyl (C=O) groups excluding carboxylic acids is 2. The topological polar surface area (TPSA) is 68.1 Å². The van der Waals surface area contributed by atoms with Crippen molar-refractivity contribution in [3.05, 3.63) is 30.1 Å². The van der Waals surface area contributed by atoms with Crippen LogP contribution in [-0.4, -0.2) is 43.8 Å². The normalized spacial score (nSPS) is 17.3. The Bertz CT molecular complexity index is 834. The number of likely N-dealkylation sites (tertiary alicyclic amines) is 1. The standard InChI is InChI=1S/C17H17FN4O2S/c18-13-5-2-1-4-12(13)16-19-20-17(22(16)11-7-8-11)25-10-15(24)21-9-3-6-14(21)23/h1-2,4-5,11H,3,6-10H2. The van der Waals surface area contributed by atoms with E-state index in [-0.39, 0.29) is 29.4 Å². The van der Waals surface area contributed by atoms with Gasteiger partial charge in [0.1, 0.15) is 5.82 Å². The average Bonchev–Trinajstić information content (AvgIpc) is 3.21. The molecule has 1 aromatic heterocycles. The summed E-state index contributed by atoms with van der Waals surface area (Å²) in [4.78, 5) is 25.2. The molecule has 2 aliphatic rings. The van der Waals surface area contributed by atoms with E-state index >= 15 is 0 Å². The summed E-state index contributed by atoms with van der Waals surface area (Å²) in [5, 5.41) is 8.92. The van der Waals surface area contributed by atoms with Crippen molar-refractivity contribution < 1.29 is 14.0 Å². The van der Waals surface area contributed by atoms with Crippen LogP contribution < -0.4 is 0 Å². The van der Waals surface area contributed by atoms with Crippen LogP contribution in [0.4, 0.5) is 4.39 Å². The SMILES string of the molecule is O=C1CCCN1C(=O)CSc1nnc(-c2ccccc2F)n1C1CC1. The summed E-state index contributed by atoms with van der Waals surface area (Å²) in [5.74, 6) is -0.0279. The van der Waals surface area contributed by atoms with Crippen LogP contribution in [0, 0.1) is 5.82 Å². The lowest BCUT2D eigenvalue weighted by Crippen LogP contribution is -2.33. The van der Waals surface area contributed by atoms with Gasteiger partial charge >= 0.3 is 0 Å². The number of thioether (sulfide) groups is 1. The molecule has 130 valence electrons. The van der Waals surface area contributed by atoms with E-state index in [9.17, 15) is 14.0 Å². The Kier molecular flexibility index (Phi) is 4.29. The fraction of sp³-hybridized carbons (Fsp3) is 0.412. The molecule has 1 saturated heterocycles. The Balaban J connectivity index is 1.56. The molecule has 2 fully saturated rings. The molecule has 0 radical (unpaired) electrons. The maximum Gasteiger partial charge on any atom is 0.239 e. The van der Waals surface area contributed by atoms with Gasteiger partial charge in [-0.15, -0.1) is 10.2 Å². The van der Waals surface area contributed by atoms with E-state index < -0.39 is 0 Å². The highest BCUT2D eigenvalue weighted by molar-refractivity contribution is 7.99. The summed E-state index contributed by atoms with van der Waals surface area (Å²) in [5.41, 5.74) is 0.412. The number of nitrogens with zero attached hydrogens (tertiary/aromatic N) is 4. The number of amides is 2. The van der Waals surface area contributed by atoms with Crippen LogP contribution in [0.2, 0.25) is 0 Å². The van der Waals surface area contributed by atoms with Crippen LogP contribution >= 0.6 is 11.8 Å². The second-order valence-corrected chi connectivity index (χ2v) is 7.16. The Hall–Kier alpha value is -2.22. The van der Waals surface area contributed by atoms with E-state index in [2.05, 4.69) is 10.2 Å². The lowest BCUT2D eigenvalue weighted by molar-refractivity contribution is -0.140. The first-order valence-electron chi connectivity index (χ1n) is 8.31. The maximum atomic E-state index is 14.1. The van der Waals surface area contributed by atoms with Crippen LogP contribution in [0.3, 0.4) is 0 Å². The van der Waals surface area contributed by atoms with Gasteiger partial charge in [0.15, 0.2) is 11.0 Å². The van der Waals surface area contributed by atoms with E-state index in [4.69, 9.17) is 0 Å². The van der Waals surface area contributed by atoms with E-state index in [1.807, 2.05) is 4.57 Å². The van der Waals surface area contributed by atoms with E-state index in [1.165, 1.54) is 22.7 Å². The molecular weight excluding hydrogens is 343 g/mol. The molecule has 0 spiro atoms. The number of hydrogen-bond acceptors (Lipinski definition) is 5. The third kappa shape index (κ3) is 3.18. The molecule has 1 aromatic carbocycles. The van der Waals surface area contributed by atoms with Gasteiger partial charge in [-0.1, -0.05) is 23.9 Å². The number of carbonyl (C=O) groups is 2. The summed E-state index contributed by atoms with van der Waals surface area (Å²) in [6, 6.07) is 6.73. The van der Waals surface area contributed by atoms with Crippen molar-refractivity contribution in [1.82, 2.24) is 19.7 Å². The zero-order chi connectivity index (χ0) is 17.4. The number of hydrogen-bond donors (Lipinski definition) is 0. The number of benzene rings is 1. The van der Waals surface area contributed by atoms with Crippen molar-refractivity contribution in [2.75, 3.05) is 12.3 Å². The van der Waals surface area contributed by atoms with Gasteiger partial charge in [-0.2, -0.15) is 0 Å². The molecule has 25 heavy (non-hydrogen) atoms. The molecule has 8 heteroatoms. The molecule has 1 aliphatic carbocycles. The van der Waals surface area contributed by atoms with Crippen molar-refractivity contribution in [2.24, 2.45) is 0 Å². The van der Waals surface area contributed by atoms with Gasteiger partial charge in [-0.3, -0.25) is 19.1 Å². The summed E-state index contributed by atoms with van der Waals surface area (Å²) >= 11 is 1.26. The quantitative estimate of drug-likeness (QED) is 0.767. The van der Waals surface area contributed by atoms with Gasteiger partial charge in [0, 0.05) is 19.0 Å². The highest BCUT2D eigenvalue weighted by Crippen LogP contribution is 2.41. The van der Waals surface area contributed by atoms with Crippen LogP contribution in [0.15, 0.2) is 29.4 Å². The fourth-order valence-electron chi connectivity index (χ4n) is 2.98. The van der Waals surface area contributed by atoms with E-state index in [0.29, 0.717) is 29.5 Å². The molecule has 0 atom stereocenters. The molecular formula is C17H17FN4O2S. The molecule has 2 heterocycles. The average molecular weight is 360 g/mol. The minimum absolute atomic E-state index is 0.110. The Morgan fingerprint density at radius 1 is 1.28 bits per heavy atom. The predicted octanol–water partition coefficient (Wildman–Crippen LogP) is 2.66. The molecule has 0 bridgehead atoms. The van der Waals surface area contributed by atoms with Gasteiger partial charge in [0.2, 0.25) is 11.8 Å². The lowest BCUT2D eigenvalue weighted by Gasteiger charge is -2.13.